The average Bonchev–Trinajstić information content (AvgIpc) is 2.04. The summed E-state index contributed by atoms with van der Waals surface area (Å²) in [6, 6.07) is 0.0485. The van der Waals surface area contributed by atoms with Gasteiger partial charge in [0.05, 0.1) is 0 Å². The molecule has 0 aromatic rings. The SMILES string of the molecule is CCC(CC(C)NC=O)OC=O. The standard InChI is InChI=1S/C8H15NO3/c1-3-8(12-6-11)4-7(2)9-5-10/h5-8H,3-4H2,1-2H3,(H,9,10). The van der Waals surface area contributed by atoms with Crippen LogP contribution in [0.3, 0.4) is 0 Å². The summed E-state index contributed by atoms with van der Waals surface area (Å²) in [6.45, 7) is 4.24. The van der Waals surface area contributed by atoms with Crippen molar-refractivity contribution in [3.8, 4) is 0 Å². The Balaban J connectivity index is 3.67. The first-order valence-corrected chi connectivity index (χ1v) is 4.03. The van der Waals surface area contributed by atoms with Crippen LogP contribution in [0, 0.1) is 0 Å². The van der Waals surface area contributed by atoms with Gasteiger partial charge in [-0.15, -0.1) is 0 Å². The van der Waals surface area contributed by atoms with E-state index in [4.69, 9.17) is 4.74 Å². The van der Waals surface area contributed by atoms with Crippen molar-refractivity contribution in [2.75, 3.05) is 0 Å². The minimum absolute atomic E-state index is 0.0485. The molecule has 1 amide bonds. The number of amides is 1. The number of hydrogen-bond acceptors (Lipinski definition) is 3. The molecule has 0 heterocycles. The van der Waals surface area contributed by atoms with E-state index in [1.807, 2.05) is 13.8 Å². The number of rotatable bonds is 7. The first-order valence-electron chi connectivity index (χ1n) is 4.03. The van der Waals surface area contributed by atoms with Crippen LogP contribution in [0.1, 0.15) is 26.7 Å². The van der Waals surface area contributed by atoms with Gasteiger partial charge in [-0.3, -0.25) is 9.59 Å². The molecule has 0 aromatic carbocycles. The molecule has 4 heteroatoms. The van der Waals surface area contributed by atoms with Gasteiger partial charge in [0.25, 0.3) is 6.47 Å². The monoisotopic (exact) mass is 173 g/mol. The molecule has 0 aliphatic heterocycles. The second kappa shape index (κ2) is 6.64. The molecule has 2 atom stereocenters. The quantitative estimate of drug-likeness (QED) is 0.569. The highest BCUT2D eigenvalue weighted by molar-refractivity contribution is 5.46. The van der Waals surface area contributed by atoms with Gasteiger partial charge in [0.1, 0.15) is 6.10 Å². The molecular formula is C8H15NO3. The summed E-state index contributed by atoms with van der Waals surface area (Å²) >= 11 is 0. The van der Waals surface area contributed by atoms with Gasteiger partial charge in [-0.25, -0.2) is 0 Å². The van der Waals surface area contributed by atoms with Crippen LogP contribution in [-0.2, 0) is 14.3 Å². The normalized spacial score (nSPS) is 14.5. The third-order valence-corrected chi connectivity index (χ3v) is 1.67. The zero-order valence-electron chi connectivity index (χ0n) is 7.45. The van der Waals surface area contributed by atoms with Crippen LogP contribution in [0.25, 0.3) is 0 Å². The fraction of sp³-hybridized carbons (Fsp3) is 0.750. The lowest BCUT2D eigenvalue weighted by molar-refractivity contribution is -0.134. The summed E-state index contributed by atoms with van der Waals surface area (Å²) < 4.78 is 4.77. The maximum atomic E-state index is 10.0. The molecule has 1 N–H and O–H groups in total. The van der Waals surface area contributed by atoms with Crippen molar-refractivity contribution in [3.63, 3.8) is 0 Å². The zero-order valence-corrected chi connectivity index (χ0v) is 7.45. The fourth-order valence-electron chi connectivity index (χ4n) is 0.976. The molecule has 0 rings (SSSR count). The number of nitrogens with one attached hydrogen (secondary N) is 1. The van der Waals surface area contributed by atoms with Crippen molar-refractivity contribution in [1.82, 2.24) is 5.32 Å². The third kappa shape index (κ3) is 4.71. The van der Waals surface area contributed by atoms with E-state index in [0.29, 0.717) is 19.3 Å². The van der Waals surface area contributed by atoms with Gasteiger partial charge >= 0.3 is 0 Å². The summed E-state index contributed by atoms with van der Waals surface area (Å²) in [4.78, 5) is 20.0. The molecule has 0 fully saturated rings. The number of hydrogen-bond donors (Lipinski definition) is 1. The van der Waals surface area contributed by atoms with Crippen LogP contribution in [0.5, 0.6) is 0 Å². The van der Waals surface area contributed by atoms with Gasteiger partial charge < -0.3 is 10.1 Å². The van der Waals surface area contributed by atoms with Crippen molar-refractivity contribution in [2.45, 2.75) is 38.8 Å². The van der Waals surface area contributed by atoms with Gasteiger partial charge in [0, 0.05) is 12.5 Å². The van der Waals surface area contributed by atoms with Gasteiger partial charge in [-0.05, 0) is 13.3 Å². The van der Waals surface area contributed by atoms with Gasteiger partial charge in [0.2, 0.25) is 6.41 Å². The van der Waals surface area contributed by atoms with Crippen molar-refractivity contribution < 1.29 is 14.3 Å². The molecule has 0 radical (unpaired) electrons. The average molecular weight is 173 g/mol. The van der Waals surface area contributed by atoms with Crippen LogP contribution < -0.4 is 5.32 Å². The summed E-state index contributed by atoms with van der Waals surface area (Å²) in [7, 11) is 0. The van der Waals surface area contributed by atoms with Crippen molar-refractivity contribution in [3.05, 3.63) is 0 Å². The predicted octanol–water partition coefficient (Wildman–Crippen LogP) is 0.463. The van der Waals surface area contributed by atoms with Crippen LogP contribution in [-0.4, -0.2) is 25.0 Å². The second-order valence-electron chi connectivity index (χ2n) is 2.68. The Hall–Kier alpha value is -1.06. The van der Waals surface area contributed by atoms with Crippen LogP contribution in [0.4, 0.5) is 0 Å². The van der Waals surface area contributed by atoms with E-state index in [9.17, 15) is 9.59 Å². The Morgan fingerprint density at radius 3 is 2.58 bits per heavy atom. The molecule has 0 saturated heterocycles. The van der Waals surface area contributed by atoms with Crippen molar-refractivity contribution in [2.24, 2.45) is 0 Å². The minimum atomic E-state index is -0.0926. The smallest absolute Gasteiger partial charge is 0.293 e. The fourth-order valence-corrected chi connectivity index (χ4v) is 0.976. The summed E-state index contributed by atoms with van der Waals surface area (Å²) in [6.07, 6.45) is 1.99. The molecule has 0 saturated carbocycles. The Labute approximate surface area is 72.3 Å². The van der Waals surface area contributed by atoms with E-state index >= 15 is 0 Å². The molecule has 0 aliphatic rings. The first-order chi connectivity index (χ1) is 5.74. The van der Waals surface area contributed by atoms with E-state index in [-0.39, 0.29) is 12.1 Å². The molecule has 12 heavy (non-hydrogen) atoms. The molecule has 0 aromatic heterocycles. The molecule has 4 nitrogen and oxygen atoms in total. The lowest BCUT2D eigenvalue weighted by Gasteiger charge is -2.17. The first kappa shape index (κ1) is 10.9. The van der Waals surface area contributed by atoms with Crippen molar-refractivity contribution in [1.29, 1.82) is 0 Å². The maximum absolute atomic E-state index is 10.0. The summed E-state index contributed by atoms with van der Waals surface area (Å²) in [5, 5.41) is 2.59. The second-order valence-corrected chi connectivity index (χ2v) is 2.68. The van der Waals surface area contributed by atoms with E-state index in [0.717, 1.165) is 6.42 Å². The highest BCUT2D eigenvalue weighted by atomic mass is 16.5. The third-order valence-electron chi connectivity index (χ3n) is 1.67. The molecule has 0 spiro atoms. The van der Waals surface area contributed by atoms with Gasteiger partial charge in [-0.2, -0.15) is 0 Å². The zero-order chi connectivity index (χ0) is 9.40. The summed E-state index contributed by atoms with van der Waals surface area (Å²) in [5.74, 6) is 0. The van der Waals surface area contributed by atoms with E-state index in [1.54, 1.807) is 0 Å². The number of ether oxygens (including phenoxy) is 1. The highest BCUT2D eigenvalue weighted by Crippen LogP contribution is 2.04. The summed E-state index contributed by atoms with van der Waals surface area (Å²) in [5.41, 5.74) is 0. The Bertz CT molecular complexity index is 138. The van der Waals surface area contributed by atoms with Crippen LogP contribution in [0.15, 0.2) is 0 Å². The predicted molar refractivity (Wildman–Crippen MR) is 44.5 cm³/mol. The number of carbonyl (C=O) groups is 2. The molecule has 0 aliphatic carbocycles. The molecule has 2 unspecified atom stereocenters. The Morgan fingerprint density at radius 1 is 1.50 bits per heavy atom. The lowest BCUT2D eigenvalue weighted by Crippen LogP contribution is -2.29. The van der Waals surface area contributed by atoms with E-state index < -0.39 is 0 Å². The van der Waals surface area contributed by atoms with Crippen LogP contribution in [0.2, 0.25) is 0 Å². The van der Waals surface area contributed by atoms with E-state index in [1.165, 1.54) is 0 Å². The maximum Gasteiger partial charge on any atom is 0.293 e. The van der Waals surface area contributed by atoms with Crippen molar-refractivity contribution >= 4 is 12.9 Å². The minimum Gasteiger partial charge on any atom is -0.465 e. The number of carbonyl (C=O) groups excluding carboxylic acids is 2. The van der Waals surface area contributed by atoms with Crippen LogP contribution >= 0.6 is 0 Å². The molecule has 70 valence electrons. The largest absolute Gasteiger partial charge is 0.465 e. The molecule has 0 bridgehead atoms. The van der Waals surface area contributed by atoms with Gasteiger partial charge in [0.15, 0.2) is 0 Å². The topological polar surface area (TPSA) is 55.4 Å². The lowest BCUT2D eigenvalue weighted by atomic mass is 10.1. The van der Waals surface area contributed by atoms with E-state index in [2.05, 4.69) is 5.32 Å². The Morgan fingerprint density at radius 2 is 2.17 bits per heavy atom. The van der Waals surface area contributed by atoms with Gasteiger partial charge in [-0.1, -0.05) is 6.92 Å². The Kier molecular flexibility index (Phi) is 6.05. The highest BCUT2D eigenvalue weighted by Gasteiger charge is 2.10. The molecular weight excluding hydrogens is 158 g/mol.